The molecule has 0 amide bonds. The molecule has 1 rings (SSSR count). The molecule has 0 saturated carbocycles. The molecule has 0 fully saturated rings. The van der Waals surface area contributed by atoms with E-state index in [1.54, 1.807) is 30.0 Å². The van der Waals surface area contributed by atoms with Gasteiger partial charge in [-0.3, -0.25) is 0 Å². The Bertz CT molecular complexity index is 403. The Morgan fingerprint density at radius 3 is 2.50 bits per heavy atom. The maximum atomic E-state index is 12.4. The van der Waals surface area contributed by atoms with Crippen LogP contribution in [-0.2, 0) is 0 Å². The quantitative estimate of drug-likeness (QED) is 0.774. The second-order valence-corrected chi connectivity index (χ2v) is 5.63. The standard InChI is InChI=1S/C14H21F2NO2S/c1-9(17-10(2)13(8-18)20-3)11-6-4-5-7-12(11)19-14(15)16/h4-7,9-10,13-14,17-18H,8H2,1-3H3. The second kappa shape index (κ2) is 8.44. The third kappa shape index (κ3) is 4.92. The molecule has 0 aliphatic carbocycles. The van der Waals surface area contributed by atoms with Crippen LogP contribution in [0.25, 0.3) is 0 Å². The lowest BCUT2D eigenvalue weighted by molar-refractivity contribution is -0.0506. The minimum Gasteiger partial charge on any atom is -0.434 e. The van der Waals surface area contributed by atoms with E-state index < -0.39 is 6.61 Å². The molecule has 1 aromatic carbocycles. The number of aliphatic hydroxyl groups is 1. The van der Waals surface area contributed by atoms with E-state index in [4.69, 9.17) is 0 Å². The molecule has 0 bridgehead atoms. The summed E-state index contributed by atoms with van der Waals surface area (Å²) >= 11 is 1.57. The Hall–Kier alpha value is -0.850. The van der Waals surface area contributed by atoms with Crippen molar-refractivity contribution in [3.05, 3.63) is 29.8 Å². The number of nitrogens with one attached hydrogen (secondary N) is 1. The molecule has 0 spiro atoms. The summed E-state index contributed by atoms with van der Waals surface area (Å²) in [4.78, 5) is 0. The summed E-state index contributed by atoms with van der Waals surface area (Å²) in [7, 11) is 0. The van der Waals surface area contributed by atoms with Crippen molar-refractivity contribution in [2.24, 2.45) is 0 Å². The van der Waals surface area contributed by atoms with Crippen molar-refractivity contribution < 1.29 is 18.6 Å². The monoisotopic (exact) mass is 305 g/mol. The van der Waals surface area contributed by atoms with Gasteiger partial charge in [-0.15, -0.1) is 0 Å². The molecule has 3 unspecified atom stereocenters. The van der Waals surface area contributed by atoms with Gasteiger partial charge in [0.15, 0.2) is 0 Å². The predicted octanol–water partition coefficient (Wildman–Crippen LogP) is 3.05. The van der Waals surface area contributed by atoms with Crippen LogP contribution in [-0.4, -0.2) is 35.9 Å². The highest BCUT2D eigenvalue weighted by molar-refractivity contribution is 7.99. The lowest BCUT2D eigenvalue weighted by Crippen LogP contribution is -2.39. The molecule has 1 aromatic rings. The maximum absolute atomic E-state index is 12.4. The topological polar surface area (TPSA) is 41.5 Å². The Balaban J connectivity index is 2.78. The fourth-order valence-corrected chi connectivity index (χ4v) is 2.71. The SMILES string of the molecule is CSC(CO)C(C)NC(C)c1ccccc1OC(F)F. The van der Waals surface area contributed by atoms with Gasteiger partial charge < -0.3 is 15.2 Å². The zero-order valence-electron chi connectivity index (χ0n) is 11.8. The smallest absolute Gasteiger partial charge is 0.387 e. The van der Waals surface area contributed by atoms with Crippen LogP contribution in [0.2, 0.25) is 0 Å². The molecular weight excluding hydrogens is 284 g/mol. The summed E-state index contributed by atoms with van der Waals surface area (Å²) in [5.74, 6) is 0.180. The highest BCUT2D eigenvalue weighted by atomic mass is 32.2. The average Bonchev–Trinajstić information content (AvgIpc) is 2.39. The Morgan fingerprint density at radius 1 is 1.30 bits per heavy atom. The molecule has 20 heavy (non-hydrogen) atoms. The van der Waals surface area contributed by atoms with Crippen molar-refractivity contribution in [3.63, 3.8) is 0 Å². The van der Waals surface area contributed by atoms with Gasteiger partial charge in [-0.05, 0) is 26.2 Å². The number of ether oxygens (including phenoxy) is 1. The molecule has 0 aliphatic heterocycles. The number of thioether (sulfide) groups is 1. The van der Waals surface area contributed by atoms with Gasteiger partial charge in [0, 0.05) is 22.9 Å². The van der Waals surface area contributed by atoms with Crippen molar-refractivity contribution in [3.8, 4) is 5.75 Å². The molecule has 2 N–H and O–H groups in total. The number of halogens is 2. The van der Waals surface area contributed by atoms with Crippen LogP contribution < -0.4 is 10.1 Å². The van der Waals surface area contributed by atoms with Crippen molar-refractivity contribution in [1.29, 1.82) is 0 Å². The van der Waals surface area contributed by atoms with Crippen LogP contribution in [0.15, 0.2) is 24.3 Å². The summed E-state index contributed by atoms with van der Waals surface area (Å²) in [6.45, 7) is 1.08. The molecule has 6 heteroatoms. The van der Waals surface area contributed by atoms with E-state index in [0.29, 0.717) is 5.56 Å². The van der Waals surface area contributed by atoms with E-state index in [1.165, 1.54) is 6.07 Å². The average molecular weight is 305 g/mol. The maximum Gasteiger partial charge on any atom is 0.387 e. The molecule has 0 radical (unpaired) electrons. The Morgan fingerprint density at radius 2 is 1.95 bits per heavy atom. The van der Waals surface area contributed by atoms with E-state index in [0.717, 1.165) is 0 Å². The van der Waals surface area contributed by atoms with E-state index in [1.807, 2.05) is 20.1 Å². The first-order valence-electron chi connectivity index (χ1n) is 6.43. The van der Waals surface area contributed by atoms with Crippen LogP contribution in [0.4, 0.5) is 8.78 Å². The minimum atomic E-state index is -2.84. The zero-order chi connectivity index (χ0) is 15.1. The predicted molar refractivity (Wildman–Crippen MR) is 78.5 cm³/mol. The number of para-hydroxylation sites is 1. The van der Waals surface area contributed by atoms with Gasteiger partial charge in [-0.2, -0.15) is 20.5 Å². The number of hydrogen-bond acceptors (Lipinski definition) is 4. The van der Waals surface area contributed by atoms with Gasteiger partial charge in [0.2, 0.25) is 0 Å². The molecule has 0 aromatic heterocycles. The van der Waals surface area contributed by atoms with Gasteiger partial charge in [0.1, 0.15) is 5.75 Å². The summed E-state index contributed by atoms with van der Waals surface area (Å²) in [5, 5.41) is 12.6. The fourth-order valence-electron chi connectivity index (χ4n) is 2.07. The van der Waals surface area contributed by atoms with Crippen LogP contribution >= 0.6 is 11.8 Å². The summed E-state index contributed by atoms with van der Waals surface area (Å²) < 4.78 is 29.3. The molecule has 0 saturated heterocycles. The molecule has 0 aliphatic rings. The lowest BCUT2D eigenvalue weighted by Gasteiger charge is -2.26. The fraction of sp³-hybridized carbons (Fsp3) is 0.571. The van der Waals surface area contributed by atoms with Crippen molar-refractivity contribution >= 4 is 11.8 Å². The normalized spacial score (nSPS) is 15.9. The molecule has 3 nitrogen and oxygen atoms in total. The summed E-state index contributed by atoms with van der Waals surface area (Å²) in [6, 6.07) is 6.63. The van der Waals surface area contributed by atoms with E-state index in [-0.39, 0.29) is 29.7 Å². The third-order valence-corrected chi connectivity index (χ3v) is 4.32. The van der Waals surface area contributed by atoms with Gasteiger partial charge in [-0.25, -0.2) is 0 Å². The number of hydrogen-bond donors (Lipinski definition) is 2. The molecule has 0 heterocycles. The van der Waals surface area contributed by atoms with Gasteiger partial charge in [0.05, 0.1) is 6.61 Å². The Kier molecular flexibility index (Phi) is 7.26. The van der Waals surface area contributed by atoms with Crippen LogP contribution in [0, 0.1) is 0 Å². The van der Waals surface area contributed by atoms with Crippen molar-refractivity contribution in [1.82, 2.24) is 5.32 Å². The van der Waals surface area contributed by atoms with Crippen LogP contribution in [0.3, 0.4) is 0 Å². The number of benzene rings is 1. The molecular formula is C14H21F2NO2S. The summed E-state index contributed by atoms with van der Waals surface area (Å²) in [6.07, 6.45) is 1.93. The largest absolute Gasteiger partial charge is 0.434 e. The highest BCUT2D eigenvalue weighted by Gasteiger charge is 2.20. The van der Waals surface area contributed by atoms with Gasteiger partial charge in [-0.1, -0.05) is 18.2 Å². The van der Waals surface area contributed by atoms with Crippen LogP contribution in [0.1, 0.15) is 25.5 Å². The van der Waals surface area contributed by atoms with Gasteiger partial charge in [0.25, 0.3) is 0 Å². The number of alkyl halides is 2. The third-order valence-electron chi connectivity index (χ3n) is 3.15. The van der Waals surface area contributed by atoms with Gasteiger partial charge >= 0.3 is 6.61 Å². The second-order valence-electron chi connectivity index (χ2n) is 4.55. The number of rotatable bonds is 8. The van der Waals surface area contributed by atoms with Crippen LogP contribution in [0.5, 0.6) is 5.75 Å². The first-order chi connectivity index (χ1) is 9.49. The van der Waals surface area contributed by atoms with E-state index >= 15 is 0 Å². The van der Waals surface area contributed by atoms with E-state index in [2.05, 4.69) is 10.1 Å². The minimum absolute atomic E-state index is 0.0459. The lowest BCUT2D eigenvalue weighted by atomic mass is 10.1. The summed E-state index contributed by atoms with van der Waals surface area (Å²) in [5.41, 5.74) is 0.678. The molecule has 3 atom stereocenters. The highest BCUT2D eigenvalue weighted by Crippen LogP contribution is 2.27. The zero-order valence-corrected chi connectivity index (χ0v) is 12.7. The first kappa shape index (κ1) is 17.2. The first-order valence-corrected chi connectivity index (χ1v) is 7.71. The van der Waals surface area contributed by atoms with E-state index in [9.17, 15) is 13.9 Å². The van der Waals surface area contributed by atoms with Crippen molar-refractivity contribution in [2.45, 2.75) is 37.8 Å². The molecule has 114 valence electrons. The Labute approximate surface area is 122 Å². The number of aliphatic hydroxyl groups excluding tert-OH is 1. The van der Waals surface area contributed by atoms with Crippen molar-refractivity contribution in [2.75, 3.05) is 12.9 Å².